The van der Waals surface area contributed by atoms with E-state index >= 15 is 0 Å². The number of para-hydroxylation sites is 1. The van der Waals surface area contributed by atoms with Crippen molar-refractivity contribution in [3.63, 3.8) is 0 Å². The molecular formula is C36H36FN3O. The first kappa shape index (κ1) is 27.0. The Kier molecular flexibility index (Phi) is 7.97. The predicted octanol–water partition coefficient (Wildman–Crippen LogP) is 7.33. The van der Waals surface area contributed by atoms with Gasteiger partial charge in [-0.15, -0.1) is 0 Å². The van der Waals surface area contributed by atoms with Crippen molar-refractivity contribution in [2.24, 2.45) is 0 Å². The largest absolute Gasteiger partial charge is 0.361 e. The lowest BCUT2D eigenvalue weighted by Gasteiger charge is -2.40. The Morgan fingerprint density at radius 3 is 2.02 bits per heavy atom. The van der Waals surface area contributed by atoms with Gasteiger partial charge in [-0.25, -0.2) is 4.39 Å². The van der Waals surface area contributed by atoms with E-state index in [2.05, 4.69) is 95.7 Å². The summed E-state index contributed by atoms with van der Waals surface area (Å²) in [7, 11) is 0. The third kappa shape index (κ3) is 5.68. The van der Waals surface area contributed by atoms with E-state index in [0.29, 0.717) is 19.5 Å². The Hall–Kier alpha value is -4.22. The van der Waals surface area contributed by atoms with Crippen LogP contribution in [0.25, 0.3) is 10.9 Å². The Morgan fingerprint density at radius 2 is 1.41 bits per heavy atom. The first-order valence-electron chi connectivity index (χ1n) is 14.6. The first-order chi connectivity index (χ1) is 20.1. The van der Waals surface area contributed by atoms with Crippen molar-refractivity contribution in [2.75, 3.05) is 26.2 Å². The molecular weight excluding hydrogens is 509 g/mol. The van der Waals surface area contributed by atoms with Gasteiger partial charge < -0.3 is 9.88 Å². The van der Waals surface area contributed by atoms with Crippen molar-refractivity contribution in [1.82, 2.24) is 14.8 Å². The monoisotopic (exact) mass is 545 g/mol. The smallest absolute Gasteiger partial charge is 0.223 e. The number of amides is 1. The first-order valence-corrected chi connectivity index (χ1v) is 14.6. The van der Waals surface area contributed by atoms with Gasteiger partial charge in [0.1, 0.15) is 5.82 Å². The molecule has 1 amide bonds. The van der Waals surface area contributed by atoms with E-state index in [4.69, 9.17) is 0 Å². The number of carbonyl (C=O) groups is 1. The maximum atomic E-state index is 13.9. The van der Waals surface area contributed by atoms with Crippen LogP contribution in [-0.4, -0.2) is 46.9 Å². The summed E-state index contributed by atoms with van der Waals surface area (Å²) < 4.78 is 13.9. The van der Waals surface area contributed by atoms with E-state index in [0.717, 1.165) is 41.5 Å². The molecule has 1 atom stereocenters. The van der Waals surface area contributed by atoms with E-state index in [-0.39, 0.29) is 23.7 Å². The molecule has 1 aromatic heterocycles. The number of nitrogens with zero attached hydrogens (tertiary/aromatic N) is 2. The van der Waals surface area contributed by atoms with E-state index in [1.165, 1.54) is 28.8 Å². The normalized spacial score (nSPS) is 15.0. The predicted molar refractivity (Wildman–Crippen MR) is 163 cm³/mol. The van der Waals surface area contributed by atoms with Crippen LogP contribution >= 0.6 is 0 Å². The topological polar surface area (TPSA) is 39.3 Å². The van der Waals surface area contributed by atoms with Gasteiger partial charge in [-0.1, -0.05) is 97.9 Å². The molecule has 5 aromatic rings. The van der Waals surface area contributed by atoms with Gasteiger partial charge in [0.15, 0.2) is 0 Å². The second-order valence-electron chi connectivity index (χ2n) is 10.9. The molecule has 1 saturated heterocycles. The summed E-state index contributed by atoms with van der Waals surface area (Å²) in [5.74, 6) is -0.298. The number of hydrogen-bond acceptors (Lipinski definition) is 2. The summed E-state index contributed by atoms with van der Waals surface area (Å²) in [6.45, 7) is 5.11. The Morgan fingerprint density at radius 1 is 0.780 bits per heavy atom. The number of hydrogen-bond donors (Lipinski definition) is 1. The van der Waals surface area contributed by atoms with Gasteiger partial charge in [0.25, 0.3) is 0 Å². The molecule has 41 heavy (non-hydrogen) atoms. The number of nitrogens with one attached hydrogen (secondary N) is 1. The fraction of sp³-hybridized carbons (Fsp3) is 0.250. The lowest BCUT2D eigenvalue weighted by molar-refractivity contribution is -0.133. The van der Waals surface area contributed by atoms with Crippen LogP contribution in [0.2, 0.25) is 0 Å². The Bertz CT molecular complexity index is 1550. The summed E-state index contributed by atoms with van der Waals surface area (Å²) in [4.78, 5) is 21.8. The minimum absolute atomic E-state index is 0.135. The molecule has 0 spiro atoms. The number of aromatic nitrogens is 1. The second kappa shape index (κ2) is 12.1. The molecule has 5 heteroatoms. The SMILES string of the molecule is CCc1cccc2c(C(CC(=O)N3CCN(C(c4ccccc4)c4ccccc4)CC3)c3ccc(F)cc3)c[nH]c12. The molecule has 0 radical (unpaired) electrons. The minimum atomic E-state index is -0.270. The highest BCUT2D eigenvalue weighted by Crippen LogP contribution is 2.36. The molecule has 0 aliphatic carbocycles. The van der Waals surface area contributed by atoms with E-state index in [9.17, 15) is 9.18 Å². The molecule has 1 N–H and O–H groups in total. The quantitative estimate of drug-likeness (QED) is 0.222. The number of aryl methyl sites for hydroxylation is 1. The lowest BCUT2D eigenvalue weighted by Crippen LogP contribution is -2.50. The summed E-state index contributed by atoms with van der Waals surface area (Å²) in [5, 5.41) is 1.13. The van der Waals surface area contributed by atoms with E-state index in [1.807, 2.05) is 23.2 Å². The molecule has 6 rings (SSSR count). The number of aromatic amines is 1. The van der Waals surface area contributed by atoms with Gasteiger partial charge in [0.05, 0.1) is 6.04 Å². The zero-order valence-electron chi connectivity index (χ0n) is 23.5. The van der Waals surface area contributed by atoms with Crippen molar-refractivity contribution in [2.45, 2.75) is 31.7 Å². The van der Waals surface area contributed by atoms with Crippen molar-refractivity contribution in [3.05, 3.63) is 143 Å². The fourth-order valence-electron chi connectivity index (χ4n) is 6.34. The van der Waals surface area contributed by atoms with Gasteiger partial charge in [-0.2, -0.15) is 0 Å². The molecule has 2 heterocycles. The average Bonchev–Trinajstić information content (AvgIpc) is 3.46. The Balaban J connectivity index is 1.23. The van der Waals surface area contributed by atoms with Crippen molar-refractivity contribution >= 4 is 16.8 Å². The highest BCUT2D eigenvalue weighted by atomic mass is 19.1. The third-order valence-corrected chi connectivity index (χ3v) is 8.50. The lowest BCUT2D eigenvalue weighted by atomic mass is 9.87. The fourth-order valence-corrected chi connectivity index (χ4v) is 6.34. The molecule has 208 valence electrons. The summed E-state index contributed by atoms with van der Waals surface area (Å²) >= 11 is 0. The van der Waals surface area contributed by atoms with Gasteiger partial charge in [0, 0.05) is 55.6 Å². The van der Waals surface area contributed by atoms with Crippen LogP contribution in [0.15, 0.2) is 109 Å². The number of halogens is 1. The van der Waals surface area contributed by atoms with Crippen molar-refractivity contribution in [1.29, 1.82) is 0 Å². The highest BCUT2D eigenvalue weighted by molar-refractivity contribution is 5.88. The molecule has 4 nitrogen and oxygen atoms in total. The van der Waals surface area contributed by atoms with Gasteiger partial charge in [-0.3, -0.25) is 9.69 Å². The van der Waals surface area contributed by atoms with Crippen LogP contribution in [0.3, 0.4) is 0 Å². The van der Waals surface area contributed by atoms with E-state index < -0.39 is 0 Å². The molecule has 1 unspecified atom stereocenters. The summed E-state index contributed by atoms with van der Waals surface area (Å²) in [6, 6.07) is 34.3. The van der Waals surface area contributed by atoms with Crippen LogP contribution in [-0.2, 0) is 11.2 Å². The highest BCUT2D eigenvalue weighted by Gasteiger charge is 2.30. The minimum Gasteiger partial charge on any atom is -0.361 e. The average molecular weight is 546 g/mol. The third-order valence-electron chi connectivity index (χ3n) is 8.50. The summed E-state index contributed by atoms with van der Waals surface area (Å²) in [6.07, 6.45) is 3.30. The van der Waals surface area contributed by atoms with Crippen LogP contribution in [0, 0.1) is 5.82 Å². The second-order valence-corrected chi connectivity index (χ2v) is 10.9. The van der Waals surface area contributed by atoms with Gasteiger partial charge in [-0.05, 0) is 46.4 Å². The standard InChI is InChI=1S/C36H36FN3O/c1-2-26-14-9-15-31-33(25-38-35(26)31)32(27-16-18-30(37)19-17-27)24-34(41)39-20-22-40(23-21-39)36(28-10-5-3-6-11-28)29-12-7-4-8-13-29/h3-19,25,32,36,38H,2,20-24H2,1H3. The number of piperazine rings is 1. The Labute approximate surface area is 241 Å². The van der Waals surface area contributed by atoms with Crippen LogP contribution < -0.4 is 0 Å². The zero-order valence-corrected chi connectivity index (χ0v) is 23.5. The van der Waals surface area contributed by atoms with Crippen molar-refractivity contribution < 1.29 is 9.18 Å². The molecule has 1 fully saturated rings. The number of carbonyl (C=O) groups excluding carboxylic acids is 1. The zero-order chi connectivity index (χ0) is 28.2. The van der Waals surface area contributed by atoms with Crippen molar-refractivity contribution in [3.8, 4) is 0 Å². The van der Waals surface area contributed by atoms with Gasteiger partial charge in [0.2, 0.25) is 5.91 Å². The molecule has 0 saturated carbocycles. The molecule has 1 aliphatic rings. The van der Waals surface area contributed by atoms with Gasteiger partial charge >= 0.3 is 0 Å². The molecule has 1 aliphatic heterocycles. The van der Waals surface area contributed by atoms with Crippen LogP contribution in [0.1, 0.15) is 53.1 Å². The number of benzene rings is 4. The number of rotatable bonds is 8. The van der Waals surface area contributed by atoms with Crippen LogP contribution in [0.5, 0.6) is 0 Å². The number of H-pyrrole nitrogens is 1. The summed E-state index contributed by atoms with van der Waals surface area (Å²) in [5.41, 5.74) is 6.93. The molecule has 4 aromatic carbocycles. The maximum absolute atomic E-state index is 13.9. The van der Waals surface area contributed by atoms with Crippen LogP contribution in [0.4, 0.5) is 4.39 Å². The molecule has 0 bridgehead atoms. The maximum Gasteiger partial charge on any atom is 0.223 e. The number of fused-ring (bicyclic) bond motifs is 1. The van der Waals surface area contributed by atoms with E-state index in [1.54, 1.807) is 0 Å².